The number of likely N-dealkylation sites (N-methyl/N-ethyl adjacent to an activating group) is 7. The minimum Gasteiger partial charge on any atom is -0.377 e. The van der Waals surface area contributed by atoms with E-state index in [0.717, 1.165) is 24.5 Å². The topological polar surface area (TPSA) is 279 Å². The normalized spacial score (nSPS) is 31.3. The van der Waals surface area contributed by atoms with Crippen molar-refractivity contribution in [2.24, 2.45) is 40.9 Å². The van der Waals surface area contributed by atoms with Crippen LogP contribution in [0.4, 0.5) is 30.7 Å². The van der Waals surface area contributed by atoms with Gasteiger partial charge in [0.05, 0.1) is 37.5 Å². The predicted octanol–water partition coefficient (Wildman–Crippen LogP) is 6.65. The Morgan fingerprint density at radius 3 is 1.81 bits per heavy atom. The average Bonchev–Trinajstić information content (AvgIpc) is 1.25. The van der Waals surface area contributed by atoms with Crippen LogP contribution in [0.15, 0.2) is 12.2 Å². The number of halogens is 7. The molecule has 3 heterocycles. The molecule has 3 N–H and O–H groups in total. The van der Waals surface area contributed by atoms with E-state index in [-0.39, 0.29) is 110 Å². The highest BCUT2D eigenvalue weighted by Gasteiger charge is 2.59. The highest BCUT2D eigenvalue weighted by molar-refractivity contribution is 6.01. The van der Waals surface area contributed by atoms with Gasteiger partial charge in [-0.2, -0.15) is 26.3 Å². The van der Waals surface area contributed by atoms with E-state index in [1.165, 1.54) is 76.0 Å². The monoisotopic (exact) mass is 1530 g/mol. The summed E-state index contributed by atoms with van der Waals surface area (Å²) < 4.78 is 106. The van der Waals surface area contributed by atoms with Crippen molar-refractivity contribution < 1.29 is 93.0 Å². The van der Waals surface area contributed by atoms with Crippen molar-refractivity contribution in [2.75, 3.05) is 89.2 Å². The molecule has 25 nitrogen and oxygen atoms in total. The summed E-state index contributed by atoms with van der Waals surface area (Å²) in [7, 11) is 10.9. The Kier molecular flexibility index (Phi) is 31.1. The van der Waals surface area contributed by atoms with Crippen LogP contribution in [0.2, 0.25) is 0 Å². The molecule has 3 aliphatic heterocycles. The maximum absolute atomic E-state index is 15.6. The van der Waals surface area contributed by atoms with E-state index in [1.54, 1.807) is 53.7 Å². The zero-order valence-corrected chi connectivity index (χ0v) is 65.5. The molecule has 3 unspecified atom stereocenters. The highest BCUT2D eigenvalue weighted by atomic mass is 19.4. The fourth-order valence-corrected chi connectivity index (χ4v) is 16.8. The molecule has 2 bridgehead atoms. The summed E-state index contributed by atoms with van der Waals surface area (Å²) >= 11 is 0. The molecule has 107 heavy (non-hydrogen) atoms. The number of alkyl halides is 7. The maximum Gasteiger partial charge on any atom is 0.394 e. The van der Waals surface area contributed by atoms with Crippen LogP contribution in [-0.4, -0.2) is 283 Å². The summed E-state index contributed by atoms with van der Waals surface area (Å²) in [6, 6.07) is -11.2. The summed E-state index contributed by atoms with van der Waals surface area (Å²) in [4.78, 5) is 191. The van der Waals surface area contributed by atoms with Crippen molar-refractivity contribution in [3.63, 3.8) is 0 Å². The Morgan fingerprint density at radius 2 is 1.25 bits per heavy atom. The Bertz CT molecular complexity index is 3200. The van der Waals surface area contributed by atoms with Gasteiger partial charge in [0, 0.05) is 82.5 Å². The Morgan fingerprint density at radius 1 is 0.636 bits per heavy atom. The van der Waals surface area contributed by atoms with Crippen LogP contribution in [-0.2, 0) is 62.3 Å². The van der Waals surface area contributed by atoms with Crippen molar-refractivity contribution in [1.29, 1.82) is 0 Å². The number of carbonyl (C=O) groups is 12. The van der Waals surface area contributed by atoms with E-state index in [9.17, 15) is 55.1 Å². The van der Waals surface area contributed by atoms with E-state index in [2.05, 4.69) is 16.0 Å². The second-order valence-corrected chi connectivity index (χ2v) is 32.2. The third kappa shape index (κ3) is 21.9. The summed E-state index contributed by atoms with van der Waals surface area (Å²) in [6.45, 7) is 12.5. The first-order chi connectivity index (χ1) is 49.9. The first kappa shape index (κ1) is 88.7. The number of rotatable bonds is 14. The summed E-state index contributed by atoms with van der Waals surface area (Å²) in [5.74, 6) is -15.6. The standard InChI is InChI=1S/C75H119F7N12O13/c1-17-24-53-63(98)84-61(44(5)18-2)69(104)88(12)41-60(97)90(14)54-25-22-21-23-34-93(68(54)103)57(36-47-26-30-48(31-27-47)74(77,78)79)67(102)87(11)40-58(95)83-52(33-29-46-28-32-50(51(76)35-46)75(80,81)82)65(100)94-39-49(107-20-4)37-55(94)64(99)85-73(42-72(7,8)43-73)71(106)92(16)62(45(6)19-3)70(105)91(15)56(66(101)86(9)10)38-59(96)89(53)13/h21-22,44-57,61-62H,17-20,23-43H2,1-16H3,(H,83,95)(H,84,98)(H,85,99)/b22-21-/t44-,45-,46?,47?,48?,49+,50?,51?,52-,53-,54-,55-,56-,57-,61-,62-/m0/s1. The van der Waals surface area contributed by atoms with Crippen LogP contribution in [0.1, 0.15) is 184 Å². The largest absolute Gasteiger partial charge is 0.394 e. The van der Waals surface area contributed by atoms with E-state index >= 15 is 33.2 Å². The second-order valence-electron chi connectivity index (χ2n) is 32.2. The van der Waals surface area contributed by atoms with Crippen LogP contribution < -0.4 is 16.0 Å². The first-order valence-electron chi connectivity index (χ1n) is 38.2. The molecule has 12 amide bonds. The van der Waals surface area contributed by atoms with Gasteiger partial charge in [0.25, 0.3) is 0 Å². The van der Waals surface area contributed by atoms with Crippen molar-refractivity contribution in [3.05, 3.63) is 12.2 Å². The summed E-state index contributed by atoms with van der Waals surface area (Å²) in [6.07, 6.45) is -10.8. The lowest BCUT2D eigenvalue weighted by molar-refractivity contribution is -0.201. The quantitative estimate of drug-likeness (QED) is 0.122. The van der Waals surface area contributed by atoms with E-state index < -0.39 is 223 Å². The van der Waals surface area contributed by atoms with Crippen molar-refractivity contribution in [1.82, 2.24) is 60.0 Å². The molecule has 5 fully saturated rings. The molecule has 6 rings (SSSR count). The lowest BCUT2D eigenvalue weighted by Crippen LogP contribution is -2.71. The zero-order valence-electron chi connectivity index (χ0n) is 65.5. The van der Waals surface area contributed by atoms with Gasteiger partial charge in [0.2, 0.25) is 70.9 Å². The van der Waals surface area contributed by atoms with Gasteiger partial charge in [-0.3, -0.25) is 57.5 Å². The van der Waals surface area contributed by atoms with Crippen LogP contribution in [0, 0.1) is 40.9 Å². The number of nitrogens with zero attached hydrogens (tertiary/aromatic N) is 9. The van der Waals surface area contributed by atoms with Gasteiger partial charge in [-0.15, -0.1) is 0 Å². The number of hydrogen-bond donors (Lipinski definition) is 3. The number of amides is 12. The molecule has 0 aromatic rings. The molecule has 0 radical (unpaired) electrons. The summed E-state index contributed by atoms with van der Waals surface area (Å²) in [5.41, 5.74) is -2.33. The highest BCUT2D eigenvalue weighted by Crippen LogP contribution is 2.50. The van der Waals surface area contributed by atoms with Gasteiger partial charge in [-0.25, -0.2) is 4.39 Å². The molecule has 606 valence electrons. The van der Waals surface area contributed by atoms with Crippen LogP contribution >= 0.6 is 0 Å². The van der Waals surface area contributed by atoms with Gasteiger partial charge in [0.1, 0.15) is 60.0 Å². The summed E-state index contributed by atoms with van der Waals surface area (Å²) in [5, 5.41) is 8.52. The van der Waals surface area contributed by atoms with Gasteiger partial charge >= 0.3 is 12.4 Å². The van der Waals surface area contributed by atoms with Crippen molar-refractivity contribution >= 4 is 70.9 Å². The predicted molar refractivity (Wildman–Crippen MR) is 383 cm³/mol. The molecule has 0 aromatic heterocycles. The van der Waals surface area contributed by atoms with Crippen LogP contribution in [0.3, 0.4) is 0 Å². The Balaban J connectivity index is 1.49. The molecular weight excluding hydrogens is 1410 g/mol. The zero-order chi connectivity index (χ0) is 80.3. The van der Waals surface area contributed by atoms with Crippen molar-refractivity contribution in [3.8, 4) is 0 Å². The third-order valence-corrected chi connectivity index (χ3v) is 23.5. The lowest BCUT2D eigenvalue weighted by Gasteiger charge is -2.54. The minimum atomic E-state index is -4.82. The Labute approximate surface area is 626 Å². The van der Waals surface area contributed by atoms with Gasteiger partial charge in [-0.05, 0) is 132 Å². The average molecular weight is 1530 g/mol. The van der Waals surface area contributed by atoms with Crippen LogP contribution in [0.5, 0.6) is 0 Å². The fourth-order valence-electron chi connectivity index (χ4n) is 16.8. The second kappa shape index (κ2) is 37.5. The van der Waals surface area contributed by atoms with E-state index in [1.807, 2.05) is 13.8 Å². The van der Waals surface area contributed by atoms with Gasteiger partial charge < -0.3 is 64.8 Å². The molecule has 1 spiro atoms. The number of hydrogen-bond acceptors (Lipinski definition) is 13. The molecule has 14 atom stereocenters. The molecule has 32 heteroatoms. The minimum absolute atomic E-state index is 0.0163. The van der Waals surface area contributed by atoms with Gasteiger partial charge in [0.15, 0.2) is 0 Å². The molecule has 6 aliphatic rings. The molecular formula is C75H119F7N12O13. The van der Waals surface area contributed by atoms with E-state index in [0.29, 0.717) is 19.3 Å². The molecule has 3 aliphatic carbocycles. The van der Waals surface area contributed by atoms with Gasteiger partial charge in [-0.1, -0.05) is 79.9 Å². The number of nitrogens with one attached hydrogen (secondary N) is 3. The maximum atomic E-state index is 15.6. The number of ether oxygens (including phenoxy) is 1. The SMILES string of the molecule is CCC[C@H]1C(=O)N[C@@H]([C@@H](C)CC)C(=O)N(C)CC(=O)N(C)[C@H]2C/C=C\CCN(C2=O)[C@@H](CC2CCC(C(F)(F)F)CC2)C(=O)N(C)CC(=O)N[C@@H](CCC2CCC(C(F)(F)F)C(F)C2)C(=O)N2C[C@H](OCC)C[C@H]2C(=O)NC2(CC(C)(C)C2)C(=O)N(C)[C@@H]([C@@H](C)CC)C(=O)N(C)[C@H](C(=O)N(C)C)CC(=O)N1C. The van der Waals surface area contributed by atoms with Crippen LogP contribution in [0.25, 0.3) is 0 Å². The van der Waals surface area contributed by atoms with E-state index in [4.69, 9.17) is 4.74 Å². The van der Waals surface area contributed by atoms with Crippen molar-refractivity contribution in [2.45, 2.75) is 262 Å². The third-order valence-electron chi connectivity index (χ3n) is 23.5. The first-order valence-corrected chi connectivity index (χ1v) is 38.2. The lowest BCUT2D eigenvalue weighted by atomic mass is 9.58. The molecule has 2 saturated heterocycles. The fraction of sp³-hybridized carbons (Fsp3) is 0.813. The molecule has 0 aromatic carbocycles. The number of fused-ring (bicyclic) bond motifs is 3. The Hall–Kier alpha value is -7.15. The smallest absolute Gasteiger partial charge is 0.377 e. The molecule has 3 saturated carbocycles. The number of carbonyl (C=O) groups excluding carboxylic acids is 12.